The van der Waals surface area contributed by atoms with E-state index in [-0.39, 0.29) is 5.91 Å². The van der Waals surface area contributed by atoms with Crippen LogP contribution in [0.15, 0.2) is 42.5 Å². The molecule has 2 heterocycles. The average molecular weight is 313 g/mol. The Morgan fingerprint density at radius 1 is 1.09 bits per heavy atom. The molecule has 3 rings (SSSR count). The molecule has 1 aromatic carbocycles. The van der Waals surface area contributed by atoms with Crippen LogP contribution in [0.3, 0.4) is 0 Å². The largest absolute Gasteiger partial charge is 0.454 e. The summed E-state index contributed by atoms with van der Waals surface area (Å²) in [7, 11) is 0. The lowest BCUT2D eigenvalue weighted by Gasteiger charge is -2.25. The van der Waals surface area contributed by atoms with Gasteiger partial charge in [-0.1, -0.05) is 24.3 Å². The molecule has 4 heteroatoms. The molecule has 0 bridgehead atoms. The van der Waals surface area contributed by atoms with Gasteiger partial charge in [-0.2, -0.15) is 0 Å². The van der Waals surface area contributed by atoms with Crippen molar-refractivity contribution in [2.45, 2.75) is 32.1 Å². The van der Waals surface area contributed by atoms with Crippen LogP contribution in [0, 0.1) is 0 Å². The molecule has 2 aliphatic rings. The van der Waals surface area contributed by atoms with Gasteiger partial charge in [0.05, 0.1) is 0 Å². The molecule has 23 heavy (non-hydrogen) atoms. The maximum atomic E-state index is 11.9. The topological polar surface area (TPSA) is 38.8 Å². The molecule has 0 spiro atoms. The lowest BCUT2D eigenvalue weighted by atomic mass is 10.1. The van der Waals surface area contributed by atoms with Gasteiger partial charge in [-0.3, -0.25) is 4.79 Å². The SMILES string of the molecule is O=C(C=CC=CCCc1ccc2c(c1)OCO2)N1CCCCC1. The van der Waals surface area contributed by atoms with Gasteiger partial charge >= 0.3 is 0 Å². The van der Waals surface area contributed by atoms with Gasteiger partial charge in [0.1, 0.15) is 0 Å². The first-order valence-corrected chi connectivity index (χ1v) is 8.33. The summed E-state index contributed by atoms with van der Waals surface area (Å²) >= 11 is 0. The molecule has 4 nitrogen and oxygen atoms in total. The van der Waals surface area contributed by atoms with Crippen LogP contribution in [-0.2, 0) is 11.2 Å². The van der Waals surface area contributed by atoms with Crippen molar-refractivity contribution >= 4 is 5.91 Å². The van der Waals surface area contributed by atoms with Crippen LogP contribution in [0.1, 0.15) is 31.2 Å². The van der Waals surface area contributed by atoms with Gasteiger partial charge in [0.15, 0.2) is 11.5 Å². The normalized spacial score (nSPS) is 17.3. The fraction of sp³-hybridized carbons (Fsp3) is 0.421. The van der Waals surface area contributed by atoms with Gasteiger partial charge in [0.25, 0.3) is 0 Å². The van der Waals surface area contributed by atoms with E-state index >= 15 is 0 Å². The number of piperidine rings is 1. The molecule has 1 amide bonds. The predicted molar refractivity (Wildman–Crippen MR) is 89.6 cm³/mol. The number of rotatable bonds is 5. The molecular formula is C19H23NO3. The summed E-state index contributed by atoms with van der Waals surface area (Å²) in [6.07, 6.45) is 12.9. The van der Waals surface area contributed by atoms with Crippen molar-refractivity contribution in [3.63, 3.8) is 0 Å². The van der Waals surface area contributed by atoms with E-state index in [1.165, 1.54) is 12.0 Å². The van der Waals surface area contributed by atoms with E-state index in [0.29, 0.717) is 6.79 Å². The van der Waals surface area contributed by atoms with E-state index in [0.717, 1.165) is 50.3 Å². The minimum Gasteiger partial charge on any atom is -0.454 e. The number of likely N-dealkylation sites (tertiary alicyclic amines) is 1. The third-order valence-electron chi connectivity index (χ3n) is 4.19. The zero-order chi connectivity index (χ0) is 15.9. The van der Waals surface area contributed by atoms with E-state index < -0.39 is 0 Å². The molecule has 122 valence electrons. The van der Waals surface area contributed by atoms with Crippen molar-refractivity contribution in [2.75, 3.05) is 19.9 Å². The number of hydrogen-bond donors (Lipinski definition) is 0. The van der Waals surface area contributed by atoms with Crippen molar-refractivity contribution in [3.8, 4) is 11.5 Å². The number of amides is 1. The molecule has 0 N–H and O–H groups in total. The minimum atomic E-state index is 0.130. The third-order valence-corrected chi connectivity index (χ3v) is 4.19. The minimum absolute atomic E-state index is 0.130. The molecule has 0 atom stereocenters. The fourth-order valence-electron chi connectivity index (χ4n) is 2.88. The van der Waals surface area contributed by atoms with Crippen LogP contribution < -0.4 is 9.47 Å². The van der Waals surface area contributed by atoms with E-state index in [1.807, 2.05) is 29.2 Å². The molecule has 1 aromatic rings. The first kappa shape index (κ1) is 15.7. The van der Waals surface area contributed by atoms with Crippen molar-refractivity contribution in [1.29, 1.82) is 0 Å². The average Bonchev–Trinajstić information content (AvgIpc) is 3.06. The van der Waals surface area contributed by atoms with Gasteiger partial charge in [0, 0.05) is 19.2 Å². The number of nitrogens with zero attached hydrogens (tertiary/aromatic N) is 1. The van der Waals surface area contributed by atoms with Crippen molar-refractivity contribution in [1.82, 2.24) is 4.90 Å². The van der Waals surface area contributed by atoms with Gasteiger partial charge in [0.2, 0.25) is 12.7 Å². The number of hydrogen-bond acceptors (Lipinski definition) is 3. The Morgan fingerprint density at radius 3 is 2.78 bits per heavy atom. The van der Waals surface area contributed by atoms with Gasteiger partial charge in [-0.25, -0.2) is 0 Å². The van der Waals surface area contributed by atoms with Gasteiger partial charge in [-0.05, 0) is 49.8 Å². The second-order valence-electron chi connectivity index (χ2n) is 5.90. The molecule has 2 aliphatic heterocycles. The second-order valence-corrected chi connectivity index (χ2v) is 5.90. The Bertz CT molecular complexity index is 601. The predicted octanol–water partition coefficient (Wildman–Crippen LogP) is 3.47. The summed E-state index contributed by atoms with van der Waals surface area (Å²) in [6, 6.07) is 6.06. The molecule has 0 radical (unpaired) electrons. The van der Waals surface area contributed by atoms with E-state index in [9.17, 15) is 4.79 Å². The Balaban J connectivity index is 1.40. The van der Waals surface area contributed by atoms with E-state index in [1.54, 1.807) is 6.08 Å². The Kier molecular flexibility index (Phi) is 5.35. The summed E-state index contributed by atoms with van der Waals surface area (Å²) < 4.78 is 10.7. The third kappa shape index (κ3) is 4.38. The summed E-state index contributed by atoms with van der Waals surface area (Å²) in [4.78, 5) is 13.9. The standard InChI is InChI=1S/C19H23NO3/c21-19(20-12-6-3-7-13-20)9-5-2-1-4-8-16-10-11-17-18(14-16)23-15-22-17/h1-2,5,9-11,14H,3-4,6-8,12-13,15H2. The van der Waals surface area contributed by atoms with Crippen LogP contribution in [0.4, 0.5) is 0 Å². The van der Waals surface area contributed by atoms with Crippen LogP contribution in [0.5, 0.6) is 11.5 Å². The highest BCUT2D eigenvalue weighted by atomic mass is 16.7. The highest BCUT2D eigenvalue weighted by Gasteiger charge is 2.13. The Labute approximate surface area is 137 Å². The number of benzene rings is 1. The number of fused-ring (bicyclic) bond motifs is 1. The van der Waals surface area contributed by atoms with Crippen LogP contribution in [-0.4, -0.2) is 30.7 Å². The van der Waals surface area contributed by atoms with Gasteiger partial charge < -0.3 is 14.4 Å². The molecule has 0 saturated carbocycles. The van der Waals surface area contributed by atoms with Crippen LogP contribution in [0.2, 0.25) is 0 Å². The van der Waals surface area contributed by atoms with E-state index in [2.05, 4.69) is 12.1 Å². The van der Waals surface area contributed by atoms with E-state index in [4.69, 9.17) is 9.47 Å². The number of ether oxygens (including phenoxy) is 2. The lowest BCUT2D eigenvalue weighted by molar-refractivity contribution is -0.126. The summed E-state index contributed by atoms with van der Waals surface area (Å²) in [5.41, 5.74) is 1.23. The monoisotopic (exact) mass is 313 g/mol. The molecule has 0 aromatic heterocycles. The van der Waals surface area contributed by atoms with Crippen LogP contribution >= 0.6 is 0 Å². The summed E-state index contributed by atoms with van der Waals surface area (Å²) in [5, 5.41) is 0. The zero-order valence-corrected chi connectivity index (χ0v) is 13.4. The lowest BCUT2D eigenvalue weighted by Crippen LogP contribution is -2.34. The number of allylic oxidation sites excluding steroid dienone is 3. The zero-order valence-electron chi connectivity index (χ0n) is 13.4. The smallest absolute Gasteiger partial charge is 0.246 e. The second kappa shape index (κ2) is 7.86. The van der Waals surface area contributed by atoms with Crippen molar-refractivity contribution in [2.24, 2.45) is 0 Å². The maximum Gasteiger partial charge on any atom is 0.246 e. The summed E-state index contributed by atoms with van der Waals surface area (Å²) in [6.45, 7) is 2.11. The quantitative estimate of drug-likeness (QED) is 0.617. The van der Waals surface area contributed by atoms with Crippen molar-refractivity contribution < 1.29 is 14.3 Å². The Hall–Kier alpha value is -2.23. The van der Waals surface area contributed by atoms with Gasteiger partial charge in [-0.15, -0.1) is 0 Å². The molecule has 1 fully saturated rings. The number of aryl methyl sites for hydroxylation is 1. The molecule has 0 unspecified atom stereocenters. The highest BCUT2D eigenvalue weighted by molar-refractivity contribution is 5.87. The molecular weight excluding hydrogens is 290 g/mol. The molecule has 0 aliphatic carbocycles. The first-order chi connectivity index (χ1) is 11.3. The Morgan fingerprint density at radius 2 is 1.91 bits per heavy atom. The molecule has 1 saturated heterocycles. The first-order valence-electron chi connectivity index (χ1n) is 8.33. The maximum absolute atomic E-state index is 11.9. The van der Waals surface area contributed by atoms with Crippen molar-refractivity contribution in [3.05, 3.63) is 48.1 Å². The fourth-order valence-corrected chi connectivity index (χ4v) is 2.88. The van der Waals surface area contributed by atoms with Crippen LogP contribution in [0.25, 0.3) is 0 Å². The highest BCUT2D eigenvalue weighted by Crippen LogP contribution is 2.32. The number of carbonyl (C=O) groups is 1. The summed E-state index contributed by atoms with van der Waals surface area (Å²) in [5.74, 6) is 1.78. The number of carbonyl (C=O) groups excluding carboxylic acids is 1.